The maximum atomic E-state index is 13.0. The summed E-state index contributed by atoms with van der Waals surface area (Å²) in [6, 6.07) is 9.56. The van der Waals surface area contributed by atoms with E-state index in [4.69, 9.17) is 5.73 Å². The van der Waals surface area contributed by atoms with Crippen molar-refractivity contribution < 1.29 is 14.1 Å². The van der Waals surface area contributed by atoms with Crippen LogP contribution in [0.25, 0.3) is 0 Å². The third-order valence-corrected chi connectivity index (χ3v) is 2.83. The van der Waals surface area contributed by atoms with E-state index in [-0.39, 0.29) is 29.3 Å². The average molecular weight is 289 g/mol. The second kappa shape index (κ2) is 6.00. The predicted octanol–water partition coefficient (Wildman–Crippen LogP) is 2.25. The molecule has 0 bridgehead atoms. The first kappa shape index (κ1) is 14.4. The van der Waals surface area contributed by atoms with Crippen LogP contribution in [0.1, 0.15) is 15.9 Å². The van der Waals surface area contributed by atoms with Crippen LogP contribution in [0, 0.1) is 15.9 Å². The molecule has 2 rings (SSSR count). The third kappa shape index (κ3) is 3.53. The number of nitrogens with one attached hydrogen (secondary N) is 1. The van der Waals surface area contributed by atoms with Crippen LogP contribution >= 0.6 is 0 Å². The highest BCUT2D eigenvalue weighted by atomic mass is 19.1. The SMILES string of the molecule is Nc1cc(C(=O)NCc2cccc(F)c2)ccc1[N+](=O)[O-]. The number of nitro benzene ring substituents is 1. The highest BCUT2D eigenvalue weighted by Crippen LogP contribution is 2.21. The fourth-order valence-corrected chi connectivity index (χ4v) is 1.79. The summed E-state index contributed by atoms with van der Waals surface area (Å²) in [7, 11) is 0. The van der Waals surface area contributed by atoms with Gasteiger partial charge in [0.25, 0.3) is 11.6 Å². The van der Waals surface area contributed by atoms with Gasteiger partial charge >= 0.3 is 0 Å². The molecule has 21 heavy (non-hydrogen) atoms. The number of nitro groups is 1. The Balaban J connectivity index is 2.07. The van der Waals surface area contributed by atoms with E-state index >= 15 is 0 Å². The molecule has 2 aromatic rings. The molecule has 0 spiro atoms. The number of carbonyl (C=O) groups excluding carboxylic acids is 1. The lowest BCUT2D eigenvalue weighted by molar-refractivity contribution is -0.383. The molecule has 1 amide bonds. The van der Waals surface area contributed by atoms with Crippen molar-refractivity contribution in [1.82, 2.24) is 5.32 Å². The van der Waals surface area contributed by atoms with Crippen LogP contribution in [-0.2, 0) is 6.54 Å². The van der Waals surface area contributed by atoms with Crippen LogP contribution < -0.4 is 11.1 Å². The normalized spacial score (nSPS) is 10.1. The lowest BCUT2D eigenvalue weighted by Gasteiger charge is -2.06. The maximum absolute atomic E-state index is 13.0. The van der Waals surface area contributed by atoms with Crippen molar-refractivity contribution in [2.45, 2.75) is 6.54 Å². The number of halogens is 1. The maximum Gasteiger partial charge on any atom is 0.292 e. The third-order valence-electron chi connectivity index (χ3n) is 2.83. The van der Waals surface area contributed by atoms with Gasteiger partial charge in [-0.1, -0.05) is 12.1 Å². The Morgan fingerprint density at radius 3 is 2.67 bits per heavy atom. The summed E-state index contributed by atoms with van der Waals surface area (Å²) >= 11 is 0. The fourth-order valence-electron chi connectivity index (χ4n) is 1.79. The van der Waals surface area contributed by atoms with Crippen LogP contribution in [0.3, 0.4) is 0 Å². The number of anilines is 1. The first-order valence-electron chi connectivity index (χ1n) is 6.04. The van der Waals surface area contributed by atoms with Gasteiger partial charge in [0, 0.05) is 18.2 Å². The van der Waals surface area contributed by atoms with Gasteiger partial charge in [0.15, 0.2) is 0 Å². The Labute approximate surface area is 119 Å². The number of nitrogens with two attached hydrogens (primary N) is 1. The number of rotatable bonds is 4. The Morgan fingerprint density at radius 2 is 2.05 bits per heavy atom. The highest BCUT2D eigenvalue weighted by molar-refractivity contribution is 5.95. The van der Waals surface area contributed by atoms with Crippen LogP contribution in [-0.4, -0.2) is 10.8 Å². The van der Waals surface area contributed by atoms with Crippen LogP contribution in [0.2, 0.25) is 0 Å². The minimum absolute atomic E-state index is 0.0848. The number of carbonyl (C=O) groups is 1. The van der Waals surface area contributed by atoms with Crippen molar-refractivity contribution >= 4 is 17.3 Å². The molecule has 3 N–H and O–H groups in total. The van der Waals surface area contributed by atoms with Gasteiger partial charge in [0.05, 0.1) is 4.92 Å². The molecule has 0 radical (unpaired) electrons. The molecule has 0 saturated heterocycles. The Kier molecular flexibility index (Phi) is 4.13. The summed E-state index contributed by atoms with van der Waals surface area (Å²) in [6.07, 6.45) is 0. The molecule has 6 nitrogen and oxygen atoms in total. The molecule has 7 heteroatoms. The van der Waals surface area contributed by atoms with Gasteiger partial charge in [-0.3, -0.25) is 14.9 Å². The number of hydrogen-bond donors (Lipinski definition) is 2. The molecule has 0 saturated carbocycles. The zero-order chi connectivity index (χ0) is 15.4. The summed E-state index contributed by atoms with van der Waals surface area (Å²) in [5.41, 5.74) is 5.99. The molecule has 0 unspecified atom stereocenters. The molecular weight excluding hydrogens is 277 g/mol. The smallest absolute Gasteiger partial charge is 0.292 e. The van der Waals surface area contributed by atoms with E-state index in [0.717, 1.165) is 0 Å². The van der Waals surface area contributed by atoms with Crippen molar-refractivity contribution in [2.75, 3.05) is 5.73 Å². The monoisotopic (exact) mass is 289 g/mol. The molecule has 0 aliphatic carbocycles. The number of nitrogen functional groups attached to an aromatic ring is 1. The molecule has 0 fully saturated rings. The Morgan fingerprint density at radius 1 is 1.29 bits per heavy atom. The molecule has 0 heterocycles. The highest BCUT2D eigenvalue weighted by Gasteiger charge is 2.14. The van der Waals surface area contributed by atoms with Crippen molar-refractivity contribution in [2.24, 2.45) is 0 Å². The van der Waals surface area contributed by atoms with Gasteiger partial charge in [0.2, 0.25) is 0 Å². The van der Waals surface area contributed by atoms with Crippen LogP contribution in [0.4, 0.5) is 15.8 Å². The van der Waals surface area contributed by atoms with Crippen LogP contribution in [0.5, 0.6) is 0 Å². The van der Waals surface area contributed by atoms with Crippen LogP contribution in [0.15, 0.2) is 42.5 Å². The molecule has 108 valence electrons. The second-order valence-electron chi connectivity index (χ2n) is 4.34. The van der Waals surface area contributed by atoms with E-state index < -0.39 is 10.8 Å². The topological polar surface area (TPSA) is 98.3 Å². The second-order valence-corrected chi connectivity index (χ2v) is 4.34. The Bertz CT molecular complexity index is 704. The van der Waals surface area contributed by atoms with Gasteiger partial charge in [-0.15, -0.1) is 0 Å². The lowest BCUT2D eigenvalue weighted by Crippen LogP contribution is -2.23. The summed E-state index contributed by atoms with van der Waals surface area (Å²) in [6.45, 7) is 0.146. The fraction of sp³-hybridized carbons (Fsp3) is 0.0714. The van der Waals surface area contributed by atoms with Gasteiger partial charge < -0.3 is 11.1 Å². The molecule has 0 aromatic heterocycles. The van der Waals surface area contributed by atoms with Crippen molar-refractivity contribution in [3.05, 3.63) is 69.5 Å². The summed E-state index contributed by atoms with van der Waals surface area (Å²) < 4.78 is 13.0. The average Bonchev–Trinajstić information content (AvgIpc) is 2.44. The molecular formula is C14H12FN3O3. The van der Waals surface area contributed by atoms with Gasteiger partial charge in [-0.25, -0.2) is 4.39 Å². The quantitative estimate of drug-likeness (QED) is 0.512. The van der Waals surface area contributed by atoms with Crippen molar-refractivity contribution in [3.8, 4) is 0 Å². The number of amides is 1. The first-order chi connectivity index (χ1) is 9.97. The number of hydrogen-bond acceptors (Lipinski definition) is 4. The largest absolute Gasteiger partial charge is 0.393 e. The molecule has 0 aliphatic rings. The zero-order valence-corrected chi connectivity index (χ0v) is 10.9. The van der Waals surface area contributed by atoms with Gasteiger partial charge in [0.1, 0.15) is 11.5 Å². The Hall–Kier alpha value is -2.96. The summed E-state index contributed by atoms with van der Waals surface area (Å²) in [5, 5.41) is 13.2. The predicted molar refractivity (Wildman–Crippen MR) is 75.1 cm³/mol. The van der Waals surface area contributed by atoms with E-state index in [9.17, 15) is 19.3 Å². The summed E-state index contributed by atoms with van der Waals surface area (Å²) in [5.74, 6) is -0.831. The van der Waals surface area contributed by atoms with E-state index in [2.05, 4.69) is 5.32 Å². The van der Waals surface area contributed by atoms with Crippen molar-refractivity contribution in [1.29, 1.82) is 0 Å². The van der Waals surface area contributed by atoms with Crippen molar-refractivity contribution in [3.63, 3.8) is 0 Å². The summed E-state index contributed by atoms with van der Waals surface area (Å²) in [4.78, 5) is 21.9. The van der Waals surface area contributed by atoms with E-state index in [1.807, 2.05) is 0 Å². The molecule has 0 aliphatic heterocycles. The standard InChI is InChI=1S/C14H12FN3O3/c15-11-3-1-2-9(6-11)8-17-14(19)10-4-5-13(18(20)21)12(16)7-10/h1-7H,8,16H2,(H,17,19). The van der Waals surface area contributed by atoms with Gasteiger partial charge in [-0.05, 0) is 29.8 Å². The van der Waals surface area contributed by atoms with E-state index in [1.165, 1.54) is 30.3 Å². The van der Waals surface area contributed by atoms with Gasteiger partial charge in [-0.2, -0.15) is 0 Å². The zero-order valence-electron chi connectivity index (χ0n) is 10.9. The number of nitrogens with zero attached hydrogens (tertiary/aromatic N) is 1. The number of benzene rings is 2. The minimum Gasteiger partial charge on any atom is -0.393 e. The first-order valence-corrected chi connectivity index (χ1v) is 6.04. The molecule has 0 atom stereocenters. The lowest BCUT2D eigenvalue weighted by atomic mass is 10.1. The minimum atomic E-state index is -0.621. The van der Waals surface area contributed by atoms with E-state index in [1.54, 1.807) is 12.1 Å². The van der Waals surface area contributed by atoms with E-state index in [0.29, 0.717) is 5.56 Å². The molecule has 2 aromatic carbocycles.